The maximum Gasteiger partial charge on any atom is 0.338 e. The van der Waals surface area contributed by atoms with Gasteiger partial charge in [-0.25, -0.2) is 14.2 Å². The highest BCUT2D eigenvalue weighted by Crippen LogP contribution is 2.35. The molecule has 0 aliphatic carbocycles. The van der Waals surface area contributed by atoms with Gasteiger partial charge in [-0.15, -0.1) is 0 Å². The minimum absolute atomic E-state index is 0.124. The Bertz CT molecular complexity index is 2180. The standard InChI is InChI=1S/C36H27Cl2FN2O5S/c1-3-45-35(43)31-32(22-7-5-4-6-8-22)40-36-41(33(31)23-11-14-26(39)15-12-23)34(42)30(47-36)18-21-9-16-28(29(17-21)44-2)46-20-24-10-13-25(37)19-27(24)38/h4-19,33H,3,20H2,1-2H3/b30-18-/t33-/m0/s1. The van der Waals surface area contributed by atoms with Gasteiger partial charge in [0, 0.05) is 21.2 Å². The average Bonchev–Trinajstić information content (AvgIpc) is 3.38. The fourth-order valence-electron chi connectivity index (χ4n) is 5.24. The highest BCUT2D eigenvalue weighted by atomic mass is 35.5. The van der Waals surface area contributed by atoms with Gasteiger partial charge in [0.25, 0.3) is 5.56 Å². The van der Waals surface area contributed by atoms with E-state index >= 15 is 0 Å². The number of halogens is 3. The third-order valence-electron chi connectivity index (χ3n) is 7.44. The first-order valence-electron chi connectivity index (χ1n) is 14.6. The van der Waals surface area contributed by atoms with Crippen LogP contribution in [0.4, 0.5) is 4.39 Å². The van der Waals surface area contributed by atoms with E-state index in [0.29, 0.717) is 53.3 Å². The fraction of sp³-hybridized carbons (Fsp3) is 0.139. The van der Waals surface area contributed by atoms with Crippen LogP contribution in [-0.2, 0) is 16.1 Å². The van der Waals surface area contributed by atoms with Crippen molar-refractivity contribution >= 4 is 52.3 Å². The number of hydrogen-bond donors (Lipinski definition) is 0. The Morgan fingerprint density at radius 1 is 1.00 bits per heavy atom. The number of methoxy groups -OCH3 is 1. The van der Waals surface area contributed by atoms with Gasteiger partial charge in [0.1, 0.15) is 12.4 Å². The predicted octanol–water partition coefficient (Wildman–Crippen LogP) is 6.97. The molecule has 0 N–H and O–H groups in total. The quantitative estimate of drug-likeness (QED) is 0.156. The molecule has 0 spiro atoms. The molecule has 0 bridgehead atoms. The van der Waals surface area contributed by atoms with Crippen LogP contribution in [0.25, 0.3) is 11.8 Å². The zero-order valence-electron chi connectivity index (χ0n) is 25.2. The molecule has 1 atom stereocenters. The Morgan fingerprint density at radius 2 is 1.77 bits per heavy atom. The number of carbonyl (C=O) groups is 1. The number of esters is 1. The van der Waals surface area contributed by atoms with Crippen molar-refractivity contribution in [3.8, 4) is 11.5 Å². The zero-order chi connectivity index (χ0) is 33.1. The predicted molar refractivity (Wildman–Crippen MR) is 181 cm³/mol. The summed E-state index contributed by atoms with van der Waals surface area (Å²) >= 11 is 13.5. The summed E-state index contributed by atoms with van der Waals surface area (Å²) in [6.45, 7) is 2.03. The Labute approximate surface area is 283 Å². The molecule has 1 aliphatic heterocycles. The van der Waals surface area contributed by atoms with Crippen LogP contribution in [0.5, 0.6) is 11.5 Å². The van der Waals surface area contributed by atoms with Gasteiger partial charge in [0.15, 0.2) is 16.3 Å². The molecular formula is C36H27Cl2FN2O5S. The number of rotatable bonds is 9. The second-order valence-corrected chi connectivity index (χ2v) is 12.3. The number of thiazole rings is 1. The van der Waals surface area contributed by atoms with Crippen LogP contribution in [0.15, 0.2) is 106 Å². The van der Waals surface area contributed by atoms with Crippen LogP contribution >= 0.6 is 34.5 Å². The lowest BCUT2D eigenvalue weighted by molar-refractivity contribution is -0.138. The minimum Gasteiger partial charge on any atom is -0.493 e. The molecule has 0 amide bonds. The molecule has 0 saturated heterocycles. The number of carbonyl (C=O) groups excluding carboxylic acids is 1. The van der Waals surface area contributed by atoms with Crippen molar-refractivity contribution in [1.82, 2.24) is 4.57 Å². The van der Waals surface area contributed by atoms with Gasteiger partial charge in [-0.2, -0.15) is 0 Å². The molecule has 1 aromatic heterocycles. The highest BCUT2D eigenvalue weighted by Gasteiger charge is 2.35. The summed E-state index contributed by atoms with van der Waals surface area (Å²) in [6, 6.07) is 24.5. The molecule has 4 aromatic carbocycles. The van der Waals surface area contributed by atoms with Crippen molar-refractivity contribution < 1.29 is 23.4 Å². The molecule has 2 heterocycles. The number of nitrogens with zero attached hydrogens (tertiary/aromatic N) is 2. The third-order valence-corrected chi connectivity index (χ3v) is 9.01. The van der Waals surface area contributed by atoms with Crippen LogP contribution in [0.2, 0.25) is 10.0 Å². The van der Waals surface area contributed by atoms with Gasteiger partial charge in [0.2, 0.25) is 0 Å². The molecule has 0 radical (unpaired) electrons. The first-order chi connectivity index (χ1) is 22.8. The first-order valence-corrected chi connectivity index (χ1v) is 16.1. The Morgan fingerprint density at radius 3 is 2.47 bits per heavy atom. The van der Waals surface area contributed by atoms with E-state index < -0.39 is 17.8 Å². The second kappa shape index (κ2) is 14.0. The number of aromatic nitrogens is 1. The van der Waals surface area contributed by atoms with Crippen LogP contribution in [0, 0.1) is 5.82 Å². The molecule has 6 rings (SSSR count). The second-order valence-electron chi connectivity index (χ2n) is 10.4. The van der Waals surface area contributed by atoms with Crippen molar-refractivity contribution in [3.63, 3.8) is 0 Å². The summed E-state index contributed by atoms with van der Waals surface area (Å²) < 4.78 is 32.9. The lowest BCUT2D eigenvalue weighted by atomic mass is 9.93. The summed E-state index contributed by atoms with van der Waals surface area (Å²) in [5, 5.41) is 1.02. The smallest absolute Gasteiger partial charge is 0.338 e. The minimum atomic E-state index is -0.909. The van der Waals surface area contributed by atoms with Crippen molar-refractivity contribution in [2.45, 2.75) is 19.6 Å². The van der Waals surface area contributed by atoms with Gasteiger partial charge in [0.05, 0.1) is 35.6 Å². The molecule has 7 nitrogen and oxygen atoms in total. The number of hydrogen-bond acceptors (Lipinski definition) is 7. The fourth-order valence-corrected chi connectivity index (χ4v) is 6.70. The SMILES string of the molecule is CCOC(=O)C1=C(c2ccccc2)N=c2s/c(=C\c3ccc(OCc4ccc(Cl)cc4Cl)c(OC)c3)c(=O)n2[C@H]1c1ccc(F)cc1. The summed E-state index contributed by atoms with van der Waals surface area (Å²) in [7, 11) is 1.53. The number of ether oxygens (including phenoxy) is 3. The topological polar surface area (TPSA) is 79.1 Å². The molecular weight excluding hydrogens is 662 g/mol. The normalized spacial score (nSPS) is 14.4. The maximum atomic E-state index is 14.1. The molecule has 0 fully saturated rings. The van der Waals surface area contributed by atoms with Crippen molar-refractivity contribution in [3.05, 3.63) is 154 Å². The summed E-state index contributed by atoms with van der Waals surface area (Å²) in [4.78, 5) is 32.9. The van der Waals surface area contributed by atoms with Gasteiger partial charge in [-0.1, -0.05) is 89.1 Å². The Balaban J connectivity index is 1.45. The molecule has 238 valence electrons. The van der Waals surface area contributed by atoms with Crippen LogP contribution in [0.1, 0.15) is 35.2 Å². The van der Waals surface area contributed by atoms with E-state index in [1.165, 1.54) is 35.1 Å². The van der Waals surface area contributed by atoms with Crippen LogP contribution < -0.4 is 24.4 Å². The lowest BCUT2D eigenvalue weighted by Crippen LogP contribution is -2.40. The van der Waals surface area contributed by atoms with Crippen LogP contribution in [0.3, 0.4) is 0 Å². The lowest BCUT2D eigenvalue weighted by Gasteiger charge is -2.25. The molecule has 5 aromatic rings. The monoisotopic (exact) mass is 688 g/mol. The van der Waals surface area contributed by atoms with E-state index in [2.05, 4.69) is 0 Å². The highest BCUT2D eigenvalue weighted by molar-refractivity contribution is 7.07. The molecule has 0 unspecified atom stereocenters. The summed E-state index contributed by atoms with van der Waals surface area (Å²) in [6.07, 6.45) is 1.73. The van der Waals surface area contributed by atoms with E-state index in [1.54, 1.807) is 61.5 Å². The zero-order valence-corrected chi connectivity index (χ0v) is 27.5. The molecule has 11 heteroatoms. The van der Waals surface area contributed by atoms with Crippen molar-refractivity contribution in [2.24, 2.45) is 4.99 Å². The van der Waals surface area contributed by atoms with Gasteiger partial charge < -0.3 is 14.2 Å². The van der Waals surface area contributed by atoms with E-state index in [9.17, 15) is 14.0 Å². The van der Waals surface area contributed by atoms with E-state index in [-0.39, 0.29) is 24.3 Å². The number of benzene rings is 4. The van der Waals surface area contributed by atoms with Gasteiger partial charge in [-0.3, -0.25) is 9.36 Å². The van der Waals surface area contributed by atoms with Crippen molar-refractivity contribution in [1.29, 1.82) is 0 Å². The van der Waals surface area contributed by atoms with Crippen LogP contribution in [-0.4, -0.2) is 24.3 Å². The van der Waals surface area contributed by atoms with Crippen molar-refractivity contribution in [2.75, 3.05) is 13.7 Å². The largest absolute Gasteiger partial charge is 0.493 e. The van der Waals surface area contributed by atoms with E-state index in [1.807, 2.05) is 30.3 Å². The first kappa shape index (κ1) is 32.2. The molecule has 47 heavy (non-hydrogen) atoms. The van der Waals surface area contributed by atoms with E-state index in [4.69, 9.17) is 42.4 Å². The third kappa shape index (κ3) is 6.74. The van der Waals surface area contributed by atoms with Gasteiger partial charge in [-0.05, 0) is 60.5 Å². The molecule has 1 aliphatic rings. The summed E-state index contributed by atoms with van der Waals surface area (Å²) in [5.41, 5.74) is 2.86. The van der Waals surface area contributed by atoms with Gasteiger partial charge >= 0.3 is 5.97 Å². The maximum absolute atomic E-state index is 14.1. The average molecular weight is 690 g/mol. The van der Waals surface area contributed by atoms with E-state index in [0.717, 1.165) is 5.56 Å². The summed E-state index contributed by atoms with van der Waals surface area (Å²) in [5.74, 6) is -0.112. The Kier molecular flexibility index (Phi) is 9.58. The Hall–Kier alpha value is -4.70. The number of fused-ring (bicyclic) bond motifs is 1. The molecule has 0 saturated carbocycles.